The molecule has 1 fully saturated rings. The van der Waals surface area contributed by atoms with Crippen molar-refractivity contribution in [3.8, 4) is 0 Å². The molecule has 1 heterocycles. The second-order valence-electron chi connectivity index (χ2n) is 6.43. The van der Waals surface area contributed by atoms with Crippen LogP contribution in [0.2, 0.25) is 0 Å². The second kappa shape index (κ2) is 7.14. The zero-order chi connectivity index (χ0) is 17.1. The van der Waals surface area contributed by atoms with E-state index in [0.29, 0.717) is 31.5 Å². The first-order valence-electron chi connectivity index (χ1n) is 8.34. The third kappa shape index (κ3) is 3.34. The molecule has 0 aromatic heterocycles. The van der Waals surface area contributed by atoms with E-state index in [9.17, 15) is 14.3 Å². The second-order valence-corrected chi connectivity index (χ2v) is 6.43. The molecule has 126 valence electrons. The van der Waals surface area contributed by atoms with Gasteiger partial charge < -0.3 is 5.11 Å². The van der Waals surface area contributed by atoms with E-state index in [2.05, 4.69) is 4.90 Å². The van der Waals surface area contributed by atoms with Gasteiger partial charge in [-0.3, -0.25) is 9.69 Å². The average molecular weight is 327 g/mol. The lowest BCUT2D eigenvalue weighted by atomic mass is 9.89. The first-order valence-corrected chi connectivity index (χ1v) is 8.34. The van der Waals surface area contributed by atoms with Gasteiger partial charge in [0.05, 0.1) is 12.0 Å². The van der Waals surface area contributed by atoms with E-state index < -0.39 is 5.97 Å². The van der Waals surface area contributed by atoms with Gasteiger partial charge in [-0.05, 0) is 50.0 Å². The van der Waals surface area contributed by atoms with Crippen LogP contribution in [0, 0.1) is 18.7 Å². The van der Waals surface area contributed by atoms with E-state index in [4.69, 9.17) is 0 Å². The molecule has 2 aromatic rings. The Hall–Kier alpha value is -2.20. The summed E-state index contributed by atoms with van der Waals surface area (Å²) in [6.07, 6.45) is 1.21. The third-order valence-corrected chi connectivity index (χ3v) is 4.93. The van der Waals surface area contributed by atoms with Crippen molar-refractivity contribution in [2.45, 2.75) is 25.8 Å². The lowest BCUT2D eigenvalue weighted by Gasteiger charge is -2.37. The molecule has 24 heavy (non-hydrogen) atoms. The number of aryl methyl sites for hydroxylation is 1. The Balaban J connectivity index is 1.97. The largest absolute Gasteiger partial charge is 0.481 e. The van der Waals surface area contributed by atoms with Gasteiger partial charge in [-0.1, -0.05) is 42.5 Å². The van der Waals surface area contributed by atoms with Crippen molar-refractivity contribution in [1.29, 1.82) is 0 Å². The summed E-state index contributed by atoms with van der Waals surface area (Å²) in [5.74, 6) is -1.24. The molecule has 1 aliphatic heterocycles. The Bertz CT molecular complexity index is 678. The first kappa shape index (κ1) is 16.7. The van der Waals surface area contributed by atoms with Crippen LogP contribution in [0.1, 0.15) is 35.6 Å². The summed E-state index contributed by atoms with van der Waals surface area (Å²) >= 11 is 0. The molecule has 2 aromatic carbocycles. The van der Waals surface area contributed by atoms with E-state index in [0.717, 1.165) is 11.1 Å². The summed E-state index contributed by atoms with van der Waals surface area (Å²) in [6, 6.07) is 14.7. The van der Waals surface area contributed by atoms with Crippen LogP contribution in [0.5, 0.6) is 0 Å². The summed E-state index contributed by atoms with van der Waals surface area (Å²) in [5, 5.41) is 9.21. The minimum atomic E-state index is -0.729. The molecule has 1 unspecified atom stereocenters. The topological polar surface area (TPSA) is 40.5 Å². The van der Waals surface area contributed by atoms with Gasteiger partial charge in [0, 0.05) is 5.56 Å². The minimum absolute atomic E-state index is 0.179. The lowest BCUT2D eigenvalue weighted by molar-refractivity contribution is -0.143. The van der Waals surface area contributed by atoms with Crippen molar-refractivity contribution in [1.82, 2.24) is 4.90 Å². The molecule has 1 saturated heterocycles. The molecular formula is C20H22FNO2. The summed E-state index contributed by atoms with van der Waals surface area (Å²) in [6.45, 7) is 3.35. The average Bonchev–Trinajstić information content (AvgIpc) is 2.59. The Morgan fingerprint density at radius 2 is 1.67 bits per heavy atom. The lowest BCUT2D eigenvalue weighted by Crippen LogP contribution is -2.39. The normalized spacial score (nSPS) is 17.6. The SMILES string of the molecule is Cc1ccccc1C(c1ccccc1F)N1CCC(C(=O)O)CC1. The number of piperidine rings is 1. The number of carboxylic acids is 1. The predicted octanol–water partition coefficient (Wildman–Crippen LogP) is 4.02. The van der Waals surface area contributed by atoms with Gasteiger partial charge in [-0.2, -0.15) is 0 Å². The Labute approximate surface area is 141 Å². The maximum Gasteiger partial charge on any atom is 0.306 e. The van der Waals surface area contributed by atoms with Crippen LogP contribution in [0.25, 0.3) is 0 Å². The zero-order valence-electron chi connectivity index (χ0n) is 13.8. The van der Waals surface area contributed by atoms with Crippen molar-refractivity contribution in [3.63, 3.8) is 0 Å². The number of aliphatic carboxylic acids is 1. The van der Waals surface area contributed by atoms with Crippen molar-refractivity contribution >= 4 is 5.97 Å². The Morgan fingerprint density at radius 3 is 2.25 bits per heavy atom. The molecule has 0 saturated carbocycles. The molecule has 0 amide bonds. The van der Waals surface area contributed by atoms with Crippen LogP contribution in [-0.2, 0) is 4.79 Å². The molecule has 1 N–H and O–H groups in total. The Morgan fingerprint density at radius 1 is 1.08 bits per heavy atom. The van der Waals surface area contributed by atoms with Gasteiger partial charge in [-0.15, -0.1) is 0 Å². The quantitative estimate of drug-likeness (QED) is 0.922. The molecule has 1 aliphatic rings. The number of hydrogen-bond donors (Lipinski definition) is 1. The van der Waals surface area contributed by atoms with E-state index in [-0.39, 0.29) is 17.8 Å². The molecule has 0 bridgehead atoms. The molecule has 0 spiro atoms. The summed E-state index contributed by atoms with van der Waals surface area (Å²) in [7, 11) is 0. The van der Waals surface area contributed by atoms with E-state index in [1.54, 1.807) is 6.07 Å². The maximum absolute atomic E-state index is 14.5. The van der Waals surface area contributed by atoms with Gasteiger partial charge in [0.15, 0.2) is 0 Å². The third-order valence-electron chi connectivity index (χ3n) is 4.93. The number of carbonyl (C=O) groups is 1. The van der Waals surface area contributed by atoms with Gasteiger partial charge in [0.1, 0.15) is 5.82 Å². The van der Waals surface area contributed by atoms with Crippen molar-refractivity contribution in [2.24, 2.45) is 5.92 Å². The standard InChI is InChI=1S/C20H22FNO2/c1-14-6-2-3-7-16(14)19(17-8-4-5-9-18(17)21)22-12-10-15(11-13-22)20(23)24/h2-9,15,19H,10-13H2,1H3,(H,23,24). The fourth-order valence-corrected chi connectivity index (χ4v) is 3.56. The highest BCUT2D eigenvalue weighted by Gasteiger charge is 2.31. The maximum atomic E-state index is 14.5. The highest BCUT2D eigenvalue weighted by atomic mass is 19.1. The zero-order valence-corrected chi connectivity index (χ0v) is 13.8. The van der Waals surface area contributed by atoms with Gasteiger partial charge >= 0.3 is 5.97 Å². The van der Waals surface area contributed by atoms with Crippen LogP contribution in [0.4, 0.5) is 4.39 Å². The number of benzene rings is 2. The van der Waals surface area contributed by atoms with Crippen LogP contribution >= 0.6 is 0 Å². The minimum Gasteiger partial charge on any atom is -0.481 e. The number of rotatable bonds is 4. The monoisotopic (exact) mass is 327 g/mol. The number of nitrogens with zero attached hydrogens (tertiary/aromatic N) is 1. The summed E-state index contributed by atoms with van der Waals surface area (Å²) in [5.41, 5.74) is 2.85. The fourth-order valence-electron chi connectivity index (χ4n) is 3.56. The molecule has 3 rings (SSSR count). The molecule has 0 aliphatic carbocycles. The molecular weight excluding hydrogens is 305 g/mol. The van der Waals surface area contributed by atoms with Crippen molar-refractivity contribution < 1.29 is 14.3 Å². The molecule has 1 atom stereocenters. The van der Waals surface area contributed by atoms with Crippen LogP contribution in [0.3, 0.4) is 0 Å². The van der Waals surface area contributed by atoms with Gasteiger partial charge in [0.2, 0.25) is 0 Å². The molecule has 0 radical (unpaired) electrons. The van der Waals surface area contributed by atoms with E-state index >= 15 is 0 Å². The van der Waals surface area contributed by atoms with Gasteiger partial charge in [0.25, 0.3) is 0 Å². The fraction of sp³-hybridized carbons (Fsp3) is 0.350. The summed E-state index contributed by atoms with van der Waals surface area (Å²) in [4.78, 5) is 13.4. The number of halogens is 1. The number of carboxylic acid groups (broad SMARTS) is 1. The van der Waals surface area contributed by atoms with Crippen LogP contribution in [-0.4, -0.2) is 29.1 Å². The predicted molar refractivity (Wildman–Crippen MR) is 91.4 cm³/mol. The van der Waals surface area contributed by atoms with E-state index in [1.807, 2.05) is 43.3 Å². The number of likely N-dealkylation sites (tertiary alicyclic amines) is 1. The highest BCUT2D eigenvalue weighted by molar-refractivity contribution is 5.70. The first-order chi connectivity index (χ1) is 11.6. The van der Waals surface area contributed by atoms with Crippen LogP contribution in [0.15, 0.2) is 48.5 Å². The van der Waals surface area contributed by atoms with Crippen molar-refractivity contribution in [2.75, 3.05) is 13.1 Å². The highest BCUT2D eigenvalue weighted by Crippen LogP contribution is 2.35. The smallest absolute Gasteiger partial charge is 0.306 e. The van der Waals surface area contributed by atoms with E-state index in [1.165, 1.54) is 6.07 Å². The summed E-state index contributed by atoms with van der Waals surface area (Å²) < 4.78 is 14.5. The number of hydrogen-bond acceptors (Lipinski definition) is 2. The molecule has 3 nitrogen and oxygen atoms in total. The molecule has 4 heteroatoms. The van der Waals surface area contributed by atoms with Crippen LogP contribution < -0.4 is 0 Å². The van der Waals surface area contributed by atoms with Crippen molar-refractivity contribution in [3.05, 3.63) is 71.0 Å². The Kier molecular flexibility index (Phi) is 4.95. The van der Waals surface area contributed by atoms with Gasteiger partial charge in [-0.25, -0.2) is 4.39 Å².